The molecular formula is C15H14INO. The highest BCUT2D eigenvalue weighted by molar-refractivity contribution is 14.1. The zero-order chi connectivity index (χ0) is 13.1. The van der Waals surface area contributed by atoms with Gasteiger partial charge >= 0.3 is 0 Å². The van der Waals surface area contributed by atoms with Gasteiger partial charge in [0.25, 0.3) is 5.91 Å². The fourth-order valence-electron chi connectivity index (χ4n) is 1.71. The van der Waals surface area contributed by atoms with Crippen LogP contribution in [0.5, 0.6) is 0 Å². The molecule has 0 saturated carbocycles. The van der Waals surface area contributed by atoms with E-state index >= 15 is 0 Å². The molecule has 1 amide bonds. The van der Waals surface area contributed by atoms with E-state index < -0.39 is 0 Å². The summed E-state index contributed by atoms with van der Waals surface area (Å²) in [4.78, 5) is 13.3. The lowest BCUT2D eigenvalue weighted by Crippen LogP contribution is -2.21. The Hall–Kier alpha value is -1.36. The van der Waals surface area contributed by atoms with Crippen molar-refractivity contribution in [3.8, 4) is 11.1 Å². The molecule has 18 heavy (non-hydrogen) atoms. The maximum atomic E-state index is 11.8. The van der Waals surface area contributed by atoms with Crippen LogP contribution in [-0.2, 0) is 0 Å². The van der Waals surface area contributed by atoms with Gasteiger partial charge in [0, 0.05) is 23.2 Å². The van der Waals surface area contributed by atoms with Crippen molar-refractivity contribution in [3.05, 3.63) is 57.7 Å². The van der Waals surface area contributed by atoms with Crippen LogP contribution in [0.2, 0.25) is 0 Å². The van der Waals surface area contributed by atoms with Crippen molar-refractivity contribution < 1.29 is 4.79 Å². The van der Waals surface area contributed by atoms with E-state index in [1.807, 2.05) is 24.3 Å². The van der Waals surface area contributed by atoms with Gasteiger partial charge in [0.2, 0.25) is 0 Å². The molecule has 0 bridgehead atoms. The molecule has 0 aliphatic heterocycles. The number of carbonyl (C=O) groups excluding carboxylic acids is 1. The number of carbonyl (C=O) groups is 1. The number of nitrogens with zero attached hydrogens (tertiary/aromatic N) is 1. The lowest BCUT2D eigenvalue weighted by atomic mass is 10.0. The van der Waals surface area contributed by atoms with Crippen LogP contribution in [0.25, 0.3) is 11.1 Å². The van der Waals surface area contributed by atoms with Gasteiger partial charge in [0.1, 0.15) is 0 Å². The van der Waals surface area contributed by atoms with Gasteiger partial charge < -0.3 is 4.90 Å². The van der Waals surface area contributed by atoms with Crippen LogP contribution in [0, 0.1) is 3.57 Å². The molecular weight excluding hydrogens is 337 g/mol. The average molecular weight is 351 g/mol. The minimum atomic E-state index is 0.0316. The predicted molar refractivity (Wildman–Crippen MR) is 82.6 cm³/mol. The number of amides is 1. The Morgan fingerprint density at radius 2 is 1.33 bits per heavy atom. The molecule has 2 aromatic rings. The van der Waals surface area contributed by atoms with E-state index in [0.29, 0.717) is 5.56 Å². The highest BCUT2D eigenvalue weighted by Gasteiger charge is 2.07. The Kier molecular flexibility index (Phi) is 4.01. The van der Waals surface area contributed by atoms with Crippen molar-refractivity contribution in [1.29, 1.82) is 0 Å². The molecule has 0 N–H and O–H groups in total. The van der Waals surface area contributed by atoms with Crippen molar-refractivity contribution in [2.45, 2.75) is 0 Å². The van der Waals surface area contributed by atoms with Gasteiger partial charge in [-0.05, 0) is 58.0 Å². The molecule has 0 radical (unpaired) electrons. The molecule has 0 saturated heterocycles. The van der Waals surface area contributed by atoms with Crippen LogP contribution >= 0.6 is 22.6 Å². The monoisotopic (exact) mass is 351 g/mol. The van der Waals surface area contributed by atoms with Crippen LogP contribution in [0.1, 0.15) is 10.4 Å². The molecule has 0 fully saturated rings. The standard InChI is InChI=1S/C15H14INO/c1-17(2)15(18)13-5-3-11(4-6-13)12-7-9-14(16)10-8-12/h3-10H,1-2H3. The quantitative estimate of drug-likeness (QED) is 0.757. The summed E-state index contributed by atoms with van der Waals surface area (Å²) < 4.78 is 1.22. The normalized spacial score (nSPS) is 10.2. The second kappa shape index (κ2) is 5.52. The van der Waals surface area contributed by atoms with Crippen molar-refractivity contribution in [1.82, 2.24) is 4.90 Å². The number of halogens is 1. The summed E-state index contributed by atoms with van der Waals surface area (Å²) in [6.07, 6.45) is 0. The molecule has 0 atom stereocenters. The lowest BCUT2D eigenvalue weighted by molar-refractivity contribution is 0.0827. The summed E-state index contributed by atoms with van der Waals surface area (Å²) in [7, 11) is 3.52. The Bertz CT molecular complexity index is 544. The van der Waals surface area contributed by atoms with Crippen molar-refractivity contribution in [3.63, 3.8) is 0 Å². The lowest BCUT2D eigenvalue weighted by Gasteiger charge is -2.10. The third kappa shape index (κ3) is 2.90. The molecule has 2 rings (SSSR count). The van der Waals surface area contributed by atoms with Gasteiger partial charge in [0.15, 0.2) is 0 Å². The van der Waals surface area contributed by atoms with E-state index in [9.17, 15) is 4.79 Å². The number of benzene rings is 2. The van der Waals surface area contributed by atoms with Crippen LogP contribution in [0.4, 0.5) is 0 Å². The Balaban J connectivity index is 2.27. The molecule has 2 aromatic carbocycles. The molecule has 0 aliphatic rings. The number of rotatable bonds is 2. The van der Waals surface area contributed by atoms with Crippen molar-refractivity contribution in [2.75, 3.05) is 14.1 Å². The highest BCUT2D eigenvalue weighted by Crippen LogP contribution is 2.21. The molecule has 0 spiro atoms. The zero-order valence-electron chi connectivity index (χ0n) is 10.4. The van der Waals surface area contributed by atoms with Crippen molar-refractivity contribution >= 4 is 28.5 Å². The molecule has 0 aromatic heterocycles. The summed E-state index contributed by atoms with van der Waals surface area (Å²) in [5.41, 5.74) is 3.01. The highest BCUT2D eigenvalue weighted by atomic mass is 127. The second-order valence-electron chi connectivity index (χ2n) is 4.28. The Labute approximate surface area is 121 Å². The van der Waals surface area contributed by atoms with Gasteiger partial charge in [-0.1, -0.05) is 24.3 Å². The Morgan fingerprint density at radius 3 is 1.78 bits per heavy atom. The fraction of sp³-hybridized carbons (Fsp3) is 0.133. The van der Waals surface area contributed by atoms with Gasteiger partial charge in [-0.25, -0.2) is 0 Å². The van der Waals surface area contributed by atoms with Gasteiger partial charge in [0.05, 0.1) is 0 Å². The summed E-state index contributed by atoms with van der Waals surface area (Å²) >= 11 is 2.29. The number of hydrogen-bond donors (Lipinski definition) is 0. The van der Waals surface area contributed by atoms with E-state index in [4.69, 9.17) is 0 Å². The van der Waals surface area contributed by atoms with E-state index in [2.05, 4.69) is 46.9 Å². The van der Waals surface area contributed by atoms with Crippen LogP contribution < -0.4 is 0 Å². The van der Waals surface area contributed by atoms with Crippen LogP contribution in [0.15, 0.2) is 48.5 Å². The maximum Gasteiger partial charge on any atom is 0.253 e. The zero-order valence-corrected chi connectivity index (χ0v) is 12.5. The average Bonchev–Trinajstić information content (AvgIpc) is 2.39. The molecule has 2 nitrogen and oxygen atoms in total. The van der Waals surface area contributed by atoms with Gasteiger partial charge in [-0.15, -0.1) is 0 Å². The van der Waals surface area contributed by atoms with Crippen molar-refractivity contribution in [2.24, 2.45) is 0 Å². The fourth-order valence-corrected chi connectivity index (χ4v) is 2.07. The maximum absolute atomic E-state index is 11.8. The summed E-state index contributed by atoms with van der Waals surface area (Å²) in [5.74, 6) is 0.0316. The first-order valence-corrected chi connectivity index (χ1v) is 6.73. The Morgan fingerprint density at radius 1 is 0.889 bits per heavy atom. The van der Waals surface area contributed by atoms with Gasteiger partial charge in [-0.3, -0.25) is 4.79 Å². The summed E-state index contributed by atoms with van der Waals surface area (Å²) in [6.45, 7) is 0. The van der Waals surface area contributed by atoms with E-state index in [1.54, 1.807) is 19.0 Å². The summed E-state index contributed by atoms with van der Waals surface area (Å²) in [5, 5.41) is 0. The van der Waals surface area contributed by atoms with Crippen LogP contribution in [0.3, 0.4) is 0 Å². The molecule has 0 heterocycles. The smallest absolute Gasteiger partial charge is 0.253 e. The van der Waals surface area contributed by atoms with Gasteiger partial charge in [-0.2, -0.15) is 0 Å². The topological polar surface area (TPSA) is 20.3 Å². The van der Waals surface area contributed by atoms with E-state index in [0.717, 1.165) is 5.56 Å². The first-order valence-electron chi connectivity index (χ1n) is 5.65. The minimum Gasteiger partial charge on any atom is -0.345 e. The summed E-state index contributed by atoms with van der Waals surface area (Å²) in [6, 6.07) is 16.0. The first kappa shape index (κ1) is 13.1. The molecule has 0 unspecified atom stereocenters. The van der Waals surface area contributed by atoms with E-state index in [1.165, 1.54) is 9.13 Å². The molecule has 92 valence electrons. The minimum absolute atomic E-state index is 0.0316. The third-order valence-corrected chi connectivity index (χ3v) is 3.43. The predicted octanol–water partition coefficient (Wildman–Crippen LogP) is 3.66. The molecule has 0 aliphatic carbocycles. The van der Waals surface area contributed by atoms with E-state index in [-0.39, 0.29) is 5.91 Å². The molecule has 3 heteroatoms. The van der Waals surface area contributed by atoms with Crippen LogP contribution in [-0.4, -0.2) is 24.9 Å². The SMILES string of the molecule is CN(C)C(=O)c1ccc(-c2ccc(I)cc2)cc1. The second-order valence-corrected chi connectivity index (χ2v) is 5.53. The number of hydrogen-bond acceptors (Lipinski definition) is 1. The third-order valence-electron chi connectivity index (χ3n) is 2.72. The largest absolute Gasteiger partial charge is 0.345 e. The first-order chi connectivity index (χ1) is 8.58.